The number of aryl methyl sites for hydroxylation is 2. The first-order valence-electron chi connectivity index (χ1n) is 7.65. The van der Waals surface area contributed by atoms with Crippen molar-refractivity contribution < 1.29 is 9.59 Å². The molecule has 2 aliphatic heterocycles. The predicted molar refractivity (Wildman–Crippen MR) is 82.5 cm³/mol. The van der Waals surface area contributed by atoms with E-state index in [0.717, 1.165) is 29.8 Å². The number of hydrogen-bond acceptors (Lipinski definition) is 3. The minimum atomic E-state index is -0.296. The quantitative estimate of drug-likeness (QED) is 0.784. The maximum atomic E-state index is 12.3. The molecule has 0 spiro atoms. The summed E-state index contributed by atoms with van der Waals surface area (Å²) in [6.07, 6.45) is 2.81. The number of amides is 2. The summed E-state index contributed by atoms with van der Waals surface area (Å²) in [6.45, 7) is 6.33. The summed E-state index contributed by atoms with van der Waals surface area (Å²) in [6, 6.07) is 4.34. The van der Waals surface area contributed by atoms with Gasteiger partial charge in [0.15, 0.2) is 0 Å². The molecular formula is C17H22N2O2. The molecule has 2 saturated heterocycles. The third-order valence-electron chi connectivity index (χ3n) is 4.78. The van der Waals surface area contributed by atoms with E-state index in [2.05, 4.69) is 30.9 Å². The van der Waals surface area contributed by atoms with E-state index in [-0.39, 0.29) is 17.7 Å². The molecular weight excluding hydrogens is 264 g/mol. The minimum absolute atomic E-state index is 0.0693. The standard InChI is InChI=1S/C17H22N2O2/c1-11-8-13(19-6-4-5-7-19)9-12(2)16(11)14-10-15(20)18(3)17(14)21/h8-9,14H,4-7,10H2,1-3H3/t14-/m1/s1. The summed E-state index contributed by atoms with van der Waals surface area (Å²) in [5, 5.41) is 0. The van der Waals surface area contributed by atoms with E-state index in [9.17, 15) is 9.59 Å². The molecule has 3 rings (SSSR count). The highest BCUT2D eigenvalue weighted by molar-refractivity contribution is 6.06. The highest BCUT2D eigenvalue weighted by Crippen LogP contribution is 2.35. The lowest BCUT2D eigenvalue weighted by molar-refractivity contribution is -0.137. The second-order valence-electron chi connectivity index (χ2n) is 6.24. The molecule has 2 aliphatic rings. The van der Waals surface area contributed by atoms with Crippen LogP contribution in [0.1, 0.15) is 41.9 Å². The normalized spacial score (nSPS) is 22.5. The largest absolute Gasteiger partial charge is 0.372 e. The molecule has 4 nitrogen and oxygen atoms in total. The van der Waals surface area contributed by atoms with Crippen LogP contribution in [-0.2, 0) is 9.59 Å². The van der Waals surface area contributed by atoms with Gasteiger partial charge in [0.05, 0.1) is 5.92 Å². The molecule has 4 heteroatoms. The molecule has 1 aromatic carbocycles. The number of rotatable bonds is 2. The summed E-state index contributed by atoms with van der Waals surface area (Å²) in [7, 11) is 1.58. The lowest BCUT2D eigenvalue weighted by atomic mass is 9.89. The molecule has 0 radical (unpaired) electrons. The number of likely N-dealkylation sites (N-methyl/N-ethyl adjacent to an activating group) is 1. The van der Waals surface area contributed by atoms with Gasteiger partial charge in [0.1, 0.15) is 0 Å². The fourth-order valence-corrected chi connectivity index (χ4v) is 3.64. The molecule has 0 bridgehead atoms. The highest BCUT2D eigenvalue weighted by atomic mass is 16.2. The molecule has 2 amide bonds. The Kier molecular flexibility index (Phi) is 3.47. The van der Waals surface area contributed by atoms with E-state index in [4.69, 9.17) is 0 Å². The summed E-state index contributed by atoms with van der Waals surface area (Å²) in [5.74, 6) is -0.442. The molecule has 0 saturated carbocycles. The number of hydrogen-bond donors (Lipinski definition) is 0. The van der Waals surface area contributed by atoms with Gasteiger partial charge in [-0.2, -0.15) is 0 Å². The van der Waals surface area contributed by atoms with Crippen molar-refractivity contribution in [1.29, 1.82) is 0 Å². The average Bonchev–Trinajstić information content (AvgIpc) is 3.04. The summed E-state index contributed by atoms with van der Waals surface area (Å²) < 4.78 is 0. The van der Waals surface area contributed by atoms with E-state index in [0.29, 0.717) is 6.42 Å². The zero-order chi connectivity index (χ0) is 15.1. The van der Waals surface area contributed by atoms with E-state index < -0.39 is 0 Å². The zero-order valence-electron chi connectivity index (χ0n) is 13.0. The van der Waals surface area contributed by atoms with Gasteiger partial charge in [-0.3, -0.25) is 14.5 Å². The Morgan fingerprint density at radius 1 is 1.05 bits per heavy atom. The number of likely N-dealkylation sites (tertiary alicyclic amines) is 1. The average molecular weight is 286 g/mol. The van der Waals surface area contributed by atoms with Gasteiger partial charge in [-0.05, 0) is 55.5 Å². The zero-order valence-corrected chi connectivity index (χ0v) is 13.0. The van der Waals surface area contributed by atoms with Gasteiger partial charge in [0.25, 0.3) is 0 Å². The van der Waals surface area contributed by atoms with Gasteiger partial charge < -0.3 is 4.90 Å². The van der Waals surface area contributed by atoms with Gasteiger partial charge >= 0.3 is 0 Å². The van der Waals surface area contributed by atoms with Crippen molar-refractivity contribution in [2.75, 3.05) is 25.0 Å². The fraction of sp³-hybridized carbons (Fsp3) is 0.529. The van der Waals surface area contributed by atoms with Crippen LogP contribution in [0.2, 0.25) is 0 Å². The van der Waals surface area contributed by atoms with E-state index >= 15 is 0 Å². The van der Waals surface area contributed by atoms with Gasteiger partial charge in [-0.15, -0.1) is 0 Å². The maximum absolute atomic E-state index is 12.3. The Morgan fingerprint density at radius 2 is 1.62 bits per heavy atom. The topological polar surface area (TPSA) is 40.6 Å². The van der Waals surface area contributed by atoms with Crippen molar-refractivity contribution in [3.63, 3.8) is 0 Å². The molecule has 0 aromatic heterocycles. The van der Waals surface area contributed by atoms with Crippen molar-refractivity contribution in [3.05, 3.63) is 28.8 Å². The lowest BCUT2D eigenvalue weighted by Gasteiger charge is -2.22. The first-order chi connectivity index (χ1) is 9.99. The van der Waals surface area contributed by atoms with Crippen LogP contribution >= 0.6 is 0 Å². The summed E-state index contributed by atoms with van der Waals surface area (Å²) in [4.78, 5) is 27.7. The number of carbonyl (C=O) groups excluding carboxylic acids is 2. The van der Waals surface area contributed by atoms with Crippen molar-refractivity contribution in [1.82, 2.24) is 4.90 Å². The molecule has 112 valence electrons. The SMILES string of the molecule is Cc1cc(N2CCCC2)cc(C)c1[C@H]1CC(=O)N(C)C1=O. The van der Waals surface area contributed by atoms with Crippen LogP contribution in [0.4, 0.5) is 5.69 Å². The first-order valence-corrected chi connectivity index (χ1v) is 7.65. The predicted octanol–water partition coefficient (Wildman–Crippen LogP) is 2.38. The lowest BCUT2D eigenvalue weighted by Crippen LogP contribution is -2.25. The Hall–Kier alpha value is -1.84. The third-order valence-corrected chi connectivity index (χ3v) is 4.78. The molecule has 21 heavy (non-hydrogen) atoms. The van der Waals surface area contributed by atoms with E-state index in [1.165, 1.54) is 23.4 Å². The molecule has 2 fully saturated rings. The van der Waals surface area contributed by atoms with Crippen LogP contribution in [0.3, 0.4) is 0 Å². The van der Waals surface area contributed by atoms with Gasteiger partial charge in [-0.1, -0.05) is 0 Å². The van der Waals surface area contributed by atoms with Gasteiger partial charge in [-0.25, -0.2) is 0 Å². The Bertz CT molecular complexity index is 580. The molecule has 0 N–H and O–H groups in total. The number of carbonyl (C=O) groups is 2. The van der Waals surface area contributed by atoms with Crippen LogP contribution in [0.5, 0.6) is 0 Å². The Labute approximate surface area is 125 Å². The molecule has 0 aliphatic carbocycles. The second kappa shape index (κ2) is 5.17. The maximum Gasteiger partial charge on any atom is 0.236 e. The Balaban J connectivity index is 1.96. The molecule has 0 unspecified atom stereocenters. The third kappa shape index (κ3) is 2.33. The van der Waals surface area contributed by atoms with Crippen LogP contribution in [-0.4, -0.2) is 36.9 Å². The number of anilines is 1. The van der Waals surface area contributed by atoms with Crippen molar-refractivity contribution in [2.45, 2.75) is 39.0 Å². The van der Waals surface area contributed by atoms with Crippen LogP contribution in [0, 0.1) is 13.8 Å². The van der Waals surface area contributed by atoms with Crippen LogP contribution in [0.15, 0.2) is 12.1 Å². The fourth-order valence-electron chi connectivity index (χ4n) is 3.64. The van der Waals surface area contributed by atoms with Crippen LogP contribution in [0.25, 0.3) is 0 Å². The summed E-state index contributed by atoms with van der Waals surface area (Å²) in [5.41, 5.74) is 4.54. The van der Waals surface area contributed by atoms with Crippen molar-refractivity contribution >= 4 is 17.5 Å². The monoisotopic (exact) mass is 286 g/mol. The van der Waals surface area contributed by atoms with Gasteiger partial charge in [0, 0.05) is 32.2 Å². The molecule has 1 aromatic rings. The van der Waals surface area contributed by atoms with E-state index in [1.807, 2.05) is 0 Å². The van der Waals surface area contributed by atoms with Crippen molar-refractivity contribution in [2.24, 2.45) is 0 Å². The molecule has 1 atom stereocenters. The first kappa shape index (κ1) is 14.1. The minimum Gasteiger partial charge on any atom is -0.372 e. The summed E-state index contributed by atoms with van der Waals surface area (Å²) >= 11 is 0. The number of benzene rings is 1. The smallest absolute Gasteiger partial charge is 0.236 e. The van der Waals surface area contributed by atoms with E-state index in [1.54, 1.807) is 7.05 Å². The van der Waals surface area contributed by atoms with Gasteiger partial charge in [0.2, 0.25) is 11.8 Å². The Morgan fingerprint density at radius 3 is 2.10 bits per heavy atom. The van der Waals surface area contributed by atoms with Crippen LogP contribution < -0.4 is 4.90 Å². The second-order valence-corrected chi connectivity index (χ2v) is 6.24. The number of imide groups is 1. The number of nitrogens with zero attached hydrogens (tertiary/aromatic N) is 2. The molecule has 2 heterocycles. The highest BCUT2D eigenvalue weighted by Gasteiger charge is 2.38. The van der Waals surface area contributed by atoms with Crippen molar-refractivity contribution in [3.8, 4) is 0 Å².